The zero-order valence-electron chi connectivity index (χ0n) is 41.5. The molecule has 2 aliphatic heterocycles. The minimum Gasteiger partial charge on any atom is -0.471 e. The minimum atomic E-state index is 0.0779. The highest BCUT2D eigenvalue weighted by atomic mass is 16.5. The van der Waals surface area contributed by atoms with Crippen molar-refractivity contribution >= 4 is 40.0 Å². The third-order valence-electron chi connectivity index (χ3n) is 12.7. The van der Waals surface area contributed by atoms with E-state index in [9.17, 15) is 4.79 Å². The molecule has 2 aliphatic rings. The Kier molecular flexibility index (Phi) is 14.9. The van der Waals surface area contributed by atoms with Crippen LogP contribution in [0.4, 0.5) is 11.4 Å². The molecule has 0 amide bonds. The van der Waals surface area contributed by atoms with Crippen LogP contribution in [0.3, 0.4) is 0 Å². The molecule has 8 heterocycles. The molecule has 19 nitrogen and oxygen atoms in total. The van der Waals surface area contributed by atoms with Crippen LogP contribution in [0.2, 0.25) is 0 Å². The predicted molar refractivity (Wildman–Crippen MR) is 269 cm³/mol. The average molecular weight is 937 g/mol. The molecule has 2 aromatic carbocycles. The van der Waals surface area contributed by atoms with E-state index in [4.69, 9.17) is 19.4 Å². The molecular formula is C50H64N16O3. The van der Waals surface area contributed by atoms with E-state index in [1.54, 1.807) is 6.33 Å². The molecule has 69 heavy (non-hydrogen) atoms. The monoisotopic (exact) mass is 937 g/mol. The van der Waals surface area contributed by atoms with Crippen LogP contribution in [0.5, 0.6) is 11.8 Å². The van der Waals surface area contributed by atoms with Crippen molar-refractivity contribution < 1.29 is 14.3 Å². The predicted octanol–water partition coefficient (Wildman–Crippen LogP) is 6.14. The van der Waals surface area contributed by atoms with Gasteiger partial charge in [0, 0.05) is 110 Å². The SMILES string of the molecule is CCn1ncc(-c2nc3c(OC4CCN(Cc5ccc(N(C)C)cc5)C4)ncnc3n2C)c1C.CCn1ncc(-c2nc3c(OC4CCNC4)ncnc3n2C)c1C.CN(C)c1ccc(C=O)cc1. The third kappa shape index (κ3) is 10.6. The number of ether oxygens (including phenoxy) is 2. The lowest BCUT2D eigenvalue weighted by Crippen LogP contribution is -2.25. The van der Waals surface area contributed by atoms with Crippen molar-refractivity contribution in [3.63, 3.8) is 0 Å². The molecule has 0 bridgehead atoms. The lowest BCUT2D eigenvalue weighted by molar-refractivity contribution is 0.112. The van der Waals surface area contributed by atoms with Gasteiger partial charge in [0.1, 0.15) is 42.8 Å². The number of nitrogens with zero attached hydrogens (tertiary/aromatic N) is 15. The van der Waals surface area contributed by atoms with E-state index < -0.39 is 0 Å². The van der Waals surface area contributed by atoms with E-state index in [2.05, 4.69) is 111 Å². The number of aromatic nitrogens is 12. The largest absolute Gasteiger partial charge is 0.471 e. The zero-order valence-corrected chi connectivity index (χ0v) is 41.5. The summed E-state index contributed by atoms with van der Waals surface area (Å²) in [5, 5.41) is 12.2. The van der Waals surface area contributed by atoms with Crippen LogP contribution in [-0.2, 0) is 33.7 Å². The van der Waals surface area contributed by atoms with Crippen molar-refractivity contribution in [3.05, 3.63) is 96.1 Å². The van der Waals surface area contributed by atoms with Gasteiger partial charge in [0.05, 0.1) is 23.5 Å². The first-order chi connectivity index (χ1) is 33.4. The van der Waals surface area contributed by atoms with Crippen LogP contribution in [-0.4, -0.2) is 136 Å². The molecule has 1 N–H and O–H groups in total. The number of imidazole rings is 2. The highest BCUT2D eigenvalue weighted by Crippen LogP contribution is 2.32. The van der Waals surface area contributed by atoms with E-state index in [1.807, 2.05) is 88.2 Å². The van der Waals surface area contributed by atoms with Gasteiger partial charge in [-0.1, -0.05) is 12.1 Å². The highest BCUT2D eigenvalue weighted by Gasteiger charge is 2.27. The Bertz CT molecular complexity index is 2980. The average Bonchev–Trinajstić information content (AvgIpc) is 4.24. The van der Waals surface area contributed by atoms with E-state index in [1.165, 1.54) is 17.6 Å². The second-order valence-corrected chi connectivity index (χ2v) is 17.8. The molecule has 8 aromatic rings. The van der Waals surface area contributed by atoms with Crippen molar-refractivity contribution in [2.75, 3.05) is 64.2 Å². The molecule has 362 valence electrons. The Labute approximate surface area is 403 Å². The molecule has 2 saturated heterocycles. The number of hydrogen-bond acceptors (Lipinski definition) is 15. The molecule has 2 atom stereocenters. The summed E-state index contributed by atoms with van der Waals surface area (Å²) < 4.78 is 20.3. The fraction of sp³-hybridized carbons (Fsp3) is 0.420. The summed E-state index contributed by atoms with van der Waals surface area (Å²) >= 11 is 0. The molecule has 0 saturated carbocycles. The third-order valence-corrected chi connectivity index (χ3v) is 12.7. The lowest BCUT2D eigenvalue weighted by atomic mass is 10.2. The molecule has 0 radical (unpaired) electrons. The summed E-state index contributed by atoms with van der Waals surface area (Å²) in [4.78, 5) is 44.1. The smallest absolute Gasteiger partial charge is 0.245 e. The standard InChI is InChI=1S/C25H32N8O.C16H21N7O.C9H11NO/c1-6-33-17(2)21(13-28-33)23-29-22-24(31(23)5)26-16-27-25(22)34-20-11-12-32(15-20)14-18-7-9-19(10-8-18)30(3)4;1-4-23-10(2)12(8-20-23)14-21-13-15(22(14)3)18-9-19-16(13)24-11-5-6-17-7-11;1-10(2)9-5-3-8(7-11)4-6-9/h7-10,13,16,20H,6,11-12,14-15H2,1-5H3;8-9,11,17H,4-7H2,1-3H3;3-7H,1-2H3. The number of carbonyl (C=O) groups is 1. The fourth-order valence-electron chi connectivity index (χ4n) is 8.67. The van der Waals surface area contributed by atoms with E-state index >= 15 is 0 Å². The normalized spacial score (nSPS) is 15.7. The number of benzene rings is 2. The molecule has 19 heteroatoms. The van der Waals surface area contributed by atoms with Crippen LogP contribution >= 0.6 is 0 Å². The number of likely N-dealkylation sites (tertiary alicyclic amines) is 1. The van der Waals surface area contributed by atoms with Crippen LogP contribution in [0, 0.1) is 13.8 Å². The van der Waals surface area contributed by atoms with Gasteiger partial charge in [-0.05, 0) is 89.0 Å². The van der Waals surface area contributed by atoms with E-state index in [-0.39, 0.29) is 12.2 Å². The summed E-state index contributed by atoms with van der Waals surface area (Å²) in [6.07, 6.45) is 9.82. The van der Waals surface area contributed by atoms with E-state index in [0.29, 0.717) is 22.8 Å². The van der Waals surface area contributed by atoms with Gasteiger partial charge in [0.25, 0.3) is 0 Å². The van der Waals surface area contributed by atoms with Gasteiger partial charge in [-0.3, -0.25) is 19.1 Å². The summed E-state index contributed by atoms with van der Waals surface area (Å²) in [6.45, 7) is 14.5. The molecular weight excluding hydrogens is 873 g/mol. The van der Waals surface area contributed by atoms with Crippen LogP contribution in [0.1, 0.15) is 54.0 Å². The van der Waals surface area contributed by atoms with Crippen LogP contribution in [0.25, 0.3) is 45.1 Å². The number of hydrogen-bond donors (Lipinski definition) is 1. The summed E-state index contributed by atoms with van der Waals surface area (Å²) in [5.41, 5.74) is 11.5. The first kappa shape index (κ1) is 48.2. The van der Waals surface area contributed by atoms with Gasteiger partial charge in [-0.15, -0.1) is 0 Å². The topological polar surface area (TPSA) is 180 Å². The second kappa shape index (κ2) is 21.4. The highest BCUT2D eigenvalue weighted by molar-refractivity contribution is 5.82. The quantitative estimate of drug-likeness (QED) is 0.130. The minimum absolute atomic E-state index is 0.0779. The number of fused-ring (bicyclic) bond motifs is 2. The first-order valence-corrected chi connectivity index (χ1v) is 23.5. The molecule has 0 aliphatic carbocycles. The lowest BCUT2D eigenvalue weighted by Gasteiger charge is -2.18. The van der Waals surface area contributed by atoms with Gasteiger partial charge in [-0.2, -0.15) is 20.2 Å². The Morgan fingerprint density at radius 2 is 1.20 bits per heavy atom. The van der Waals surface area contributed by atoms with Crippen molar-refractivity contribution in [2.24, 2.45) is 14.1 Å². The van der Waals surface area contributed by atoms with Crippen molar-refractivity contribution in [1.29, 1.82) is 0 Å². The number of nitrogens with one attached hydrogen (secondary N) is 1. The number of carbonyl (C=O) groups excluding carboxylic acids is 1. The Hall–Kier alpha value is -7.25. The van der Waals surface area contributed by atoms with Gasteiger partial charge in [0.15, 0.2) is 22.3 Å². The van der Waals surface area contributed by atoms with Gasteiger partial charge < -0.3 is 33.7 Å². The second-order valence-electron chi connectivity index (χ2n) is 17.8. The molecule has 0 spiro atoms. The maximum atomic E-state index is 10.3. The Morgan fingerprint density at radius 1 is 0.696 bits per heavy atom. The maximum Gasteiger partial charge on any atom is 0.245 e. The summed E-state index contributed by atoms with van der Waals surface area (Å²) in [5.74, 6) is 2.76. The fourth-order valence-corrected chi connectivity index (χ4v) is 8.67. The molecule has 2 fully saturated rings. The van der Waals surface area contributed by atoms with Crippen molar-refractivity contribution in [3.8, 4) is 34.5 Å². The summed E-state index contributed by atoms with van der Waals surface area (Å²) in [7, 11) is 12.0. The summed E-state index contributed by atoms with van der Waals surface area (Å²) in [6, 6.07) is 16.2. The Morgan fingerprint density at radius 3 is 1.65 bits per heavy atom. The van der Waals surface area contributed by atoms with Crippen molar-refractivity contribution in [1.82, 2.24) is 68.8 Å². The van der Waals surface area contributed by atoms with Gasteiger partial charge >= 0.3 is 0 Å². The van der Waals surface area contributed by atoms with Crippen LogP contribution in [0.15, 0.2) is 73.6 Å². The molecule has 6 aromatic heterocycles. The zero-order chi connectivity index (χ0) is 48.8. The number of aryl methyl sites for hydroxylation is 4. The first-order valence-electron chi connectivity index (χ1n) is 23.5. The van der Waals surface area contributed by atoms with Crippen LogP contribution < -0.4 is 24.6 Å². The number of rotatable bonds is 13. The van der Waals surface area contributed by atoms with Gasteiger partial charge in [0.2, 0.25) is 11.8 Å². The van der Waals surface area contributed by atoms with E-state index in [0.717, 1.165) is 122 Å². The van der Waals surface area contributed by atoms with Gasteiger partial charge in [-0.25, -0.2) is 19.9 Å². The molecule has 10 rings (SSSR count). The Balaban J connectivity index is 0.000000158. The van der Waals surface area contributed by atoms with Crippen molar-refractivity contribution in [2.45, 2.75) is 72.4 Å². The number of aldehydes is 1. The molecule has 2 unspecified atom stereocenters. The number of anilines is 2. The maximum absolute atomic E-state index is 10.3.